The topological polar surface area (TPSA) is 111 Å². The van der Waals surface area contributed by atoms with Gasteiger partial charge in [-0.15, -0.1) is 21.5 Å². The average molecular weight is 594 g/mol. The molecule has 2 heterocycles. The number of carbonyl (C=O) groups excluding carboxylic acids is 2. The van der Waals surface area contributed by atoms with Gasteiger partial charge in [0.1, 0.15) is 5.75 Å². The lowest BCUT2D eigenvalue weighted by atomic mass is 10.3. The Morgan fingerprint density at radius 2 is 1.86 bits per heavy atom. The summed E-state index contributed by atoms with van der Waals surface area (Å²) in [6.07, 6.45) is 1.62. The van der Waals surface area contributed by atoms with Crippen molar-refractivity contribution < 1.29 is 14.3 Å². The van der Waals surface area contributed by atoms with Gasteiger partial charge in [0.15, 0.2) is 22.7 Å². The Labute approximate surface area is 222 Å². The zero-order valence-electron chi connectivity index (χ0n) is 18.0. The molecule has 0 radical (unpaired) electrons. The molecule has 180 valence electrons. The van der Waals surface area contributed by atoms with Crippen LogP contribution in [0.1, 0.15) is 5.82 Å². The molecule has 0 saturated heterocycles. The molecule has 2 amide bonds. The highest BCUT2D eigenvalue weighted by Crippen LogP contribution is 2.24. The maximum Gasteiger partial charge on any atom is 0.258 e. The number of rotatable bonds is 10. The molecule has 0 unspecified atom stereocenters. The number of ether oxygens (including phenoxy) is 1. The third kappa shape index (κ3) is 7.28. The van der Waals surface area contributed by atoms with E-state index in [-0.39, 0.29) is 30.7 Å². The van der Waals surface area contributed by atoms with Crippen molar-refractivity contribution in [2.45, 2.75) is 11.7 Å². The van der Waals surface area contributed by atoms with Gasteiger partial charge in [0.05, 0.1) is 12.3 Å². The van der Waals surface area contributed by atoms with Crippen LogP contribution >= 0.6 is 50.6 Å². The SMILES string of the molecule is O=C(COc1ccc(Cl)cc1)NCc1nnc(SCC(=O)Nc2nccs2)n1-c1ccc(Br)cc1. The number of benzene rings is 2. The summed E-state index contributed by atoms with van der Waals surface area (Å²) >= 11 is 11.9. The van der Waals surface area contributed by atoms with Gasteiger partial charge in [-0.05, 0) is 48.5 Å². The van der Waals surface area contributed by atoms with Gasteiger partial charge in [0.25, 0.3) is 5.91 Å². The first-order chi connectivity index (χ1) is 17.0. The van der Waals surface area contributed by atoms with Crippen molar-refractivity contribution in [1.29, 1.82) is 0 Å². The highest BCUT2D eigenvalue weighted by atomic mass is 79.9. The van der Waals surface area contributed by atoms with E-state index >= 15 is 0 Å². The van der Waals surface area contributed by atoms with Gasteiger partial charge >= 0.3 is 0 Å². The Morgan fingerprint density at radius 1 is 1.09 bits per heavy atom. The minimum atomic E-state index is -0.317. The predicted molar refractivity (Wildman–Crippen MR) is 139 cm³/mol. The van der Waals surface area contributed by atoms with Crippen molar-refractivity contribution >= 4 is 67.6 Å². The quantitative estimate of drug-likeness (QED) is 0.259. The molecule has 0 spiro atoms. The highest BCUT2D eigenvalue weighted by Gasteiger charge is 2.17. The first-order valence-corrected chi connectivity index (χ1v) is 13.2. The van der Waals surface area contributed by atoms with Crippen LogP contribution in [0.2, 0.25) is 5.02 Å². The molecule has 35 heavy (non-hydrogen) atoms. The van der Waals surface area contributed by atoms with Crippen LogP contribution in [-0.4, -0.2) is 43.9 Å². The summed E-state index contributed by atoms with van der Waals surface area (Å²) < 4.78 is 8.20. The molecular formula is C22H18BrClN6O3S2. The highest BCUT2D eigenvalue weighted by molar-refractivity contribution is 9.10. The lowest BCUT2D eigenvalue weighted by Crippen LogP contribution is -2.29. The number of aromatic nitrogens is 4. The molecule has 4 rings (SSSR count). The van der Waals surface area contributed by atoms with Gasteiger partial charge in [-0.2, -0.15) is 0 Å². The number of hydrogen-bond acceptors (Lipinski definition) is 8. The van der Waals surface area contributed by atoms with Crippen molar-refractivity contribution in [1.82, 2.24) is 25.1 Å². The maximum atomic E-state index is 12.3. The molecule has 0 aliphatic rings. The molecule has 0 aliphatic carbocycles. The van der Waals surface area contributed by atoms with E-state index in [1.807, 2.05) is 24.3 Å². The van der Waals surface area contributed by atoms with E-state index in [9.17, 15) is 9.59 Å². The molecule has 9 nitrogen and oxygen atoms in total. The third-order valence-corrected chi connectivity index (χ3v) is 6.82. The van der Waals surface area contributed by atoms with Crippen LogP contribution in [0.5, 0.6) is 5.75 Å². The molecule has 0 fully saturated rings. The molecule has 0 aliphatic heterocycles. The van der Waals surface area contributed by atoms with Crippen LogP contribution in [0.3, 0.4) is 0 Å². The monoisotopic (exact) mass is 592 g/mol. The summed E-state index contributed by atoms with van der Waals surface area (Å²) in [5.41, 5.74) is 0.794. The zero-order chi connectivity index (χ0) is 24.6. The van der Waals surface area contributed by atoms with E-state index in [0.717, 1.165) is 10.2 Å². The number of anilines is 1. The Hall–Kier alpha value is -2.93. The first-order valence-electron chi connectivity index (χ1n) is 10.2. The second-order valence-corrected chi connectivity index (χ2v) is 10.1. The zero-order valence-corrected chi connectivity index (χ0v) is 22.0. The van der Waals surface area contributed by atoms with Crippen molar-refractivity contribution in [2.75, 3.05) is 17.7 Å². The molecule has 13 heteroatoms. The Morgan fingerprint density at radius 3 is 2.57 bits per heavy atom. The minimum Gasteiger partial charge on any atom is -0.484 e. The lowest BCUT2D eigenvalue weighted by Gasteiger charge is -2.11. The van der Waals surface area contributed by atoms with E-state index in [1.165, 1.54) is 23.1 Å². The predicted octanol–water partition coefficient (Wildman–Crippen LogP) is 4.57. The number of thiazole rings is 1. The van der Waals surface area contributed by atoms with Crippen LogP contribution in [0.15, 0.2) is 69.7 Å². The summed E-state index contributed by atoms with van der Waals surface area (Å²) in [4.78, 5) is 28.7. The molecule has 2 aromatic carbocycles. The Balaban J connectivity index is 1.41. The molecule has 0 bridgehead atoms. The Bertz CT molecular complexity index is 1280. The fourth-order valence-electron chi connectivity index (χ4n) is 2.84. The van der Waals surface area contributed by atoms with E-state index in [2.05, 4.69) is 41.7 Å². The van der Waals surface area contributed by atoms with Crippen molar-refractivity contribution in [2.24, 2.45) is 0 Å². The van der Waals surface area contributed by atoms with Crippen molar-refractivity contribution in [3.63, 3.8) is 0 Å². The van der Waals surface area contributed by atoms with Gasteiger partial charge < -0.3 is 15.4 Å². The standard InChI is InChI=1S/C22H18BrClN6O3S2/c23-14-1-5-16(6-2-14)30-18(11-26-19(31)12-33-17-7-3-15(24)4-8-17)28-29-22(30)35-13-20(32)27-21-25-9-10-34-21/h1-10H,11-13H2,(H,26,31)(H,25,27,32). The summed E-state index contributed by atoms with van der Waals surface area (Å²) in [6.45, 7) is -0.0374. The minimum absolute atomic E-state index is 0.121. The van der Waals surface area contributed by atoms with E-state index in [1.54, 1.807) is 40.4 Å². The number of hydrogen-bond donors (Lipinski definition) is 2. The molecule has 2 N–H and O–H groups in total. The van der Waals surface area contributed by atoms with Gasteiger partial charge in [-0.25, -0.2) is 4.98 Å². The molecule has 0 saturated carbocycles. The van der Waals surface area contributed by atoms with Crippen LogP contribution in [0.4, 0.5) is 5.13 Å². The third-order valence-electron chi connectivity index (χ3n) is 4.42. The fraction of sp³-hybridized carbons (Fsp3) is 0.136. The molecular weight excluding hydrogens is 576 g/mol. The maximum absolute atomic E-state index is 12.3. The van der Waals surface area contributed by atoms with Crippen LogP contribution < -0.4 is 15.4 Å². The summed E-state index contributed by atoms with van der Waals surface area (Å²) in [6, 6.07) is 14.3. The van der Waals surface area contributed by atoms with Gasteiger partial charge in [-0.1, -0.05) is 39.3 Å². The second-order valence-electron chi connectivity index (χ2n) is 6.90. The van der Waals surface area contributed by atoms with Gasteiger partial charge in [0.2, 0.25) is 5.91 Å². The number of amides is 2. The summed E-state index contributed by atoms with van der Waals surface area (Å²) in [5, 5.41) is 17.4. The number of thioether (sulfide) groups is 1. The van der Waals surface area contributed by atoms with Gasteiger partial charge in [0, 0.05) is 26.8 Å². The van der Waals surface area contributed by atoms with E-state index < -0.39 is 0 Å². The first kappa shape index (κ1) is 25.2. The smallest absolute Gasteiger partial charge is 0.258 e. The molecule has 4 aromatic rings. The lowest BCUT2D eigenvalue weighted by molar-refractivity contribution is -0.123. The van der Waals surface area contributed by atoms with Crippen molar-refractivity contribution in [3.05, 3.63) is 75.4 Å². The van der Waals surface area contributed by atoms with Crippen LogP contribution in [0.25, 0.3) is 5.69 Å². The molecule has 2 aromatic heterocycles. The number of nitrogens with zero attached hydrogens (tertiary/aromatic N) is 4. The van der Waals surface area contributed by atoms with E-state index in [0.29, 0.717) is 26.9 Å². The van der Waals surface area contributed by atoms with Crippen LogP contribution in [-0.2, 0) is 16.1 Å². The van der Waals surface area contributed by atoms with Crippen LogP contribution in [0, 0.1) is 0 Å². The second kappa shape index (κ2) is 12.2. The average Bonchev–Trinajstić information content (AvgIpc) is 3.51. The number of halogens is 2. The largest absolute Gasteiger partial charge is 0.484 e. The van der Waals surface area contributed by atoms with Crippen molar-refractivity contribution in [3.8, 4) is 11.4 Å². The normalized spacial score (nSPS) is 10.7. The number of carbonyl (C=O) groups is 2. The number of nitrogens with one attached hydrogen (secondary N) is 2. The summed E-state index contributed by atoms with van der Waals surface area (Å²) in [5.74, 6) is 0.648. The fourth-order valence-corrected chi connectivity index (χ4v) is 4.54. The molecule has 0 atom stereocenters. The summed E-state index contributed by atoms with van der Waals surface area (Å²) in [7, 11) is 0. The van der Waals surface area contributed by atoms with Gasteiger partial charge in [-0.3, -0.25) is 14.2 Å². The Kier molecular flexibility index (Phi) is 8.74. The van der Waals surface area contributed by atoms with E-state index in [4.69, 9.17) is 16.3 Å².